The minimum absolute atomic E-state index is 0.186. The number of nitrogens with zero attached hydrogens (tertiary/aromatic N) is 4. The Kier molecular flexibility index (Phi) is 5.73. The SMILES string of the molecule is Cc1ccnc2ccc(-c3sc(NC(=O)N4CCOCC4)nc3-c3cccc(C#N)c3)cc12. The molecule has 1 aliphatic heterocycles. The van der Waals surface area contributed by atoms with Gasteiger partial charge in [0.15, 0.2) is 5.13 Å². The summed E-state index contributed by atoms with van der Waals surface area (Å²) in [6.07, 6.45) is 1.81. The number of urea groups is 1. The summed E-state index contributed by atoms with van der Waals surface area (Å²) in [5.41, 5.74) is 5.17. The highest BCUT2D eigenvalue weighted by Gasteiger charge is 2.21. The fourth-order valence-corrected chi connectivity index (χ4v) is 4.84. The van der Waals surface area contributed by atoms with E-state index in [0.717, 1.165) is 38.2 Å². The maximum atomic E-state index is 12.8. The largest absolute Gasteiger partial charge is 0.378 e. The summed E-state index contributed by atoms with van der Waals surface area (Å²) < 4.78 is 5.34. The van der Waals surface area contributed by atoms with Crippen molar-refractivity contribution in [2.45, 2.75) is 6.92 Å². The van der Waals surface area contributed by atoms with Crippen molar-refractivity contribution in [3.05, 3.63) is 65.9 Å². The number of nitriles is 1. The Hall–Kier alpha value is -3.80. The average Bonchev–Trinajstić information content (AvgIpc) is 3.28. The molecule has 33 heavy (non-hydrogen) atoms. The van der Waals surface area contributed by atoms with Crippen LogP contribution in [-0.2, 0) is 4.74 Å². The molecule has 164 valence electrons. The van der Waals surface area contributed by atoms with Gasteiger partial charge in [0, 0.05) is 30.2 Å². The van der Waals surface area contributed by atoms with E-state index in [4.69, 9.17) is 9.72 Å². The second kappa shape index (κ2) is 8.98. The first kappa shape index (κ1) is 21.1. The second-order valence-corrected chi connectivity index (χ2v) is 8.78. The summed E-state index contributed by atoms with van der Waals surface area (Å²) in [4.78, 5) is 24.6. The smallest absolute Gasteiger partial charge is 0.323 e. The van der Waals surface area contributed by atoms with Crippen LogP contribution >= 0.6 is 11.3 Å². The van der Waals surface area contributed by atoms with E-state index in [1.165, 1.54) is 11.3 Å². The standard InChI is InChI=1S/C25H21N5O2S/c1-16-7-8-27-21-6-5-19(14-20(16)21)23-22(18-4-2-3-17(13-18)15-26)28-24(33-23)29-25(31)30-9-11-32-12-10-30/h2-8,13-14H,9-12H2,1H3,(H,28,29,31). The molecular weight excluding hydrogens is 434 g/mol. The molecule has 1 saturated heterocycles. The first-order chi connectivity index (χ1) is 16.1. The highest BCUT2D eigenvalue weighted by atomic mass is 32.1. The Morgan fingerprint density at radius 3 is 2.82 bits per heavy atom. The lowest BCUT2D eigenvalue weighted by atomic mass is 10.0. The van der Waals surface area contributed by atoms with Crippen LogP contribution in [0.5, 0.6) is 0 Å². The lowest BCUT2D eigenvalue weighted by Crippen LogP contribution is -2.43. The van der Waals surface area contributed by atoms with Gasteiger partial charge in [0.1, 0.15) is 0 Å². The number of morpholine rings is 1. The predicted molar refractivity (Wildman–Crippen MR) is 129 cm³/mol. The number of aromatic nitrogens is 2. The molecule has 2 aromatic carbocycles. The zero-order valence-electron chi connectivity index (χ0n) is 18.0. The molecule has 1 aliphatic rings. The van der Waals surface area contributed by atoms with Crippen molar-refractivity contribution < 1.29 is 9.53 Å². The number of thiazole rings is 1. The van der Waals surface area contributed by atoms with E-state index in [2.05, 4.69) is 29.4 Å². The van der Waals surface area contributed by atoms with Gasteiger partial charge in [-0.15, -0.1) is 0 Å². The van der Waals surface area contributed by atoms with Gasteiger partial charge >= 0.3 is 6.03 Å². The fourth-order valence-electron chi connectivity index (χ4n) is 3.86. The Morgan fingerprint density at radius 2 is 2.00 bits per heavy atom. The lowest BCUT2D eigenvalue weighted by Gasteiger charge is -2.26. The number of aryl methyl sites for hydroxylation is 1. The molecule has 2 amide bonds. The summed E-state index contributed by atoms with van der Waals surface area (Å²) >= 11 is 1.42. The maximum Gasteiger partial charge on any atom is 0.323 e. The zero-order valence-corrected chi connectivity index (χ0v) is 18.9. The Labute approximate surface area is 195 Å². The van der Waals surface area contributed by atoms with Crippen LogP contribution in [0, 0.1) is 18.3 Å². The molecule has 5 rings (SSSR count). The molecule has 2 aromatic heterocycles. The molecule has 4 aromatic rings. The number of carbonyl (C=O) groups excluding carboxylic acids is 1. The van der Waals surface area contributed by atoms with Crippen LogP contribution in [0.25, 0.3) is 32.6 Å². The summed E-state index contributed by atoms with van der Waals surface area (Å²) in [6, 6.07) is 17.5. The van der Waals surface area contributed by atoms with Crippen molar-refractivity contribution in [2.75, 3.05) is 31.6 Å². The van der Waals surface area contributed by atoms with E-state index in [1.807, 2.05) is 42.6 Å². The van der Waals surface area contributed by atoms with Crippen LogP contribution in [-0.4, -0.2) is 47.2 Å². The number of nitrogens with one attached hydrogen (secondary N) is 1. The third kappa shape index (κ3) is 4.29. The quantitative estimate of drug-likeness (QED) is 0.466. The number of carbonyl (C=O) groups is 1. The molecule has 3 heterocycles. The van der Waals surface area contributed by atoms with Crippen LogP contribution in [0.3, 0.4) is 0 Å². The third-order valence-electron chi connectivity index (χ3n) is 5.63. The number of pyridine rings is 1. The summed E-state index contributed by atoms with van der Waals surface area (Å²) in [5, 5.41) is 13.9. The van der Waals surface area contributed by atoms with Gasteiger partial charge in [-0.25, -0.2) is 9.78 Å². The second-order valence-electron chi connectivity index (χ2n) is 7.78. The van der Waals surface area contributed by atoms with Gasteiger partial charge in [0.25, 0.3) is 0 Å². The summed E-state index contributed by atoms with van der Waals surface area (Å²) in [6.45, 7) is 4.24. The number of ether oxygens (including phenoxy) is 1. The number of hydrogen-bond donors (Lipinski definition) is 1. The minimum atomic E-state index is -0.186. The number of fused-ring (bicyclic) bond motifs is 1. The molecule has 0 radical (unpaired) electrons. The summed E-state index contributed by atoms with van der Waals surface area (Å²) in [7, 11) is 0. The molecule has 0 bridgehead atoms. The van der Waals surface area contributed by atoms with E-state index in [0.29, 0.717) is 37.0 Å². The Balaban J connectivity index is 1.58. The molecule has 7 nitrogen and oxygen atoms in total. The van der Waals surface area contributed by atoms with E-state index in [1.54, 1.807) is 11.0 Å². The zero-order chi connectivity index (χ0) is 22.8. The first-order valence-electron chi connectivity index (χ1n) is 10.6. The molecule has 1 N–H and O–H groups in total. The molecule has 8 heteroatoms. The molecule has 0 spiro atoms. The Bertz CT molecular complexity index is 1390. The van der Waals surface area contributed by atoms with E-state index >= 15 is 0 Å². The van der Waals surface area contributed by atoms with Crippen LogP contribution in [0.1, 0.15) is 11.1 Å². The fraction of sp³-hybridized carbons (Fsp3) is 0.200. The van der Waals surface area contributed by atoms with Crippen molar-refractivity contribution in [2.24, 2.45) is 0 Å². The van der Waals surface area contributed by atoms with Crippen LogP contribution in [0.2, 0.25) is 0 Å². The van der Waals surface area contributed by atoms with E-state index in [9.17, 15) is 10.1 Å². The molecule has 1 fully saturated rings. The number of amides is 2. The number of anilines is 1. The molecular formula is C25H21N5O2S. The van der Waals surface area contributed by atoms with Gasteiger partial charge < -0.3 is 9.64 Å². The normalized spacial score (nSPS) is 13.6. The van der Waals surface area contributed by atoms with Gasteiger partial charge in [-0.3, -0.25) is 10.3 Å². The molecule has 0 saturated carbocycles. The molecule has 0 aliphatic carbocycles. The van der Waals surface area contributed by atoms with Crippen molar-refractivity contribution in [1.29, 1.82) is 5.26 Å². The number of hydrogen-bond acceptors (Lipinski definition) is 6. The first-order valence-corrected chi connectivity index (χ1v) is 11.4. The van der Waals surface area contributed by atoms with Crippen LogP contribution in [0.15, 0.2) is 54.7 Å². The third-order valence-corrected chi connectivity index (χ3v) is 6.65. The topological polar surface area (TPSA) is 91.1 Å². The van der Waals surface area contributed by atoms with Crippen molar-refractivity contribution >= 4 is 33.4 Å². The van der Waals surface area contributed by atoms with Gasteiger partial charge in [-0.05, 0) is 48.4 Å². The Morgan fingerprint density at radius 1 is 1.15 bits per heavy atom. The number of benzene rings is 2. The van der Waals surface area contributed by atoms with Gasteiger partial charge in [0.2, 0.25) is 0 Å². The maximum absolute atomic E-state index is 12.8. The van der Waals surface area contributed by atoms with Gasteiger partial charge in [-0.2, -0.15) is 5.26 Å². The van der Waals surface area contributed by atoms with E-state index in [-0.39, 0.29) is 6.03 Å². The summed E-state index contributed by atoms with van der Waals surface area (Å²) in [5.74, 6) is 0. The van der Waals surface area contributed by atoms with E-state index < -0.39 is 0 Å². The highest BCUT2D eigenvalue weighted by Crippen LogP contribution is 2.40. The minimum Gasteiger partial charge on any atom is -0.378 e. The lowest BCUT2D eigenvalue weighted by molar-refractivity contribution is 0.0564. The van der Waals surface area contributed by atoms with Crippen molar-refractivity contribution in [1.82, 2.24) is 14.9 Å². The molecule has 0 atom stereocenters. The van der Waals surface area contributed by atoms with Crippen molar-refractivity contribution in [3.8, 4) is 27.8 Å². The van der Waals surface area contributed by atoms with Crippen LogP contribution in [0.4, 0.5) is 9.93 Å². The average molecular weight is 456 g/mol. The highest BCUT2D eigenvalue weighted by molar-refractivity contribution is 7.19. The van der Waals surface area contributed by atoms with Crippen molar-refractivity contribution in [3.63, 3.8) is 0 Å². The monoisotopic (exact) mass is 455 g/mol. The van der Waals surface area contributed by atoms with Gasteiger partial charge in [0.05, 0.1) is 40.9 Å². The van der Waals surface area contributed by atoms with Crippen LogP contribution < -0.4 is 5.32 Å². The number of rotatable bonds is 3. The predicted octanol–water partition coefficient (Wildman–Crippen LogP) is 5.07. The molecule has 0 unspecified atom stereocenters. The van der Waals surface area contributed by atoms with Gasteiger partial charge in [-0.1, -0.05) is 29.5 Å².